The molecule has 0 aliphatic carbocycles. The molecule has 0 bridgehead atoms. The second-order valence-electron chi connectivity index (χ2n) is 2.30. The Bertz CT molecular complexity index is 383. The Labute approximate surface area is 80.6 Å². The largest absolute Gasteiger partial charge is 0.506 e. The van der Waals surface area contributed by atoms with Crippen molar-refractivity contribution < 1.29 is 5.11 Å². The number of benzene rings is 1. The molecule has 0 fully saturated rings. The molecule has 0 spiro atoms. The first-order chi connectivity index (χ1) is 6.15. The first-order valence-corrected chi connectivity index (χ1v) is 3.84. The maximum Gasteiger partial charge on any atom is 0.168 e. The highest BCUT2D eigenvalue weighted by atomic mass is 32.1. The maximum atomic E-state index is 9.34. The van der Waals surface area contributed by atoms with Crippen molar-refractivity contribution in [2.24, 2.45) is 5.73 Å². The van der Waals surface area contributed by atoms with Gasteiger partial charge in [0.2, 0.25) is 0 Å². The van der Waals surface area contributed by atoms with E-state index in [0.717, 1.165) is 0 Å². The number of nitrogens with two attached hydrogens (primary N) is 1. The van der Waals surface area contributed by atoms with Crippen molar-refractivity contribution in [3.63, 3.8) is 0 Å². The molecule has 0 amide bonds. The van der Waals surface area contributed by atoms with Gasteiger partial charge in [-0.1, -0.05) is 6.07 Å². The van der Waals surface area contributed by atoms with Crippen molar-refractivity contribution >= 4 is 23.0 Å². The van der Waals surface area contributed by atoms with Gasteiger partial charge in [-0.25, -0.2) is 0 Å². The van der Waals surface area contributed by atoms with Crippen LogP contribution in [0.5, 0.6) is 5.75 Å². The van der Waals surface area contributed by atoms with Gasteiger partial charge in [-0.2, -0.15) is 5.26 Å². The first kappa shape index (κ1) is 9.29. The van der Waals surface area contributed by atoms with Crippen LogP contribution in [0.15, 0.2) is 18.2 Å². The van der Waals surface area contributed by atoms with Crippen molar-refractivity contribution in [2.45, 2.75) is 0 Å². The minimum Gasteiger partial charge on any atom is -0.506 e. The molecule has 13 heavy (non-hydrogen) atoms. The van der Waals surface area contributed by atoms with E-state index in [1.54, 1.807) is 12.1 Å². The molecule has 0 aromatic heterocycles. The van der Waals surface area contributed by atoms with Crippen LogP contribution >= 0.6 is 12.2 Å². The molecule has 1 aromatic rings. The molecule has 0 saturated heterocycles. The van der Waals surface area contributed by atoms with Crippen LogP contribution in [0.2, 0.25) is 0 Å². The normalized spacial score (nSPS) is 8.85. The summed E-state index contributed by atoms with van der Waals surface area (Å²) in [5.74, 6) is -0.0492. The SMILES string of the molecule is N#Cc1cccc(O)c1NC(N)=S. The number of nitrogens with one attached hydrogen (secondary N) is 1. The number of nitrogens with zero attached hydrogens (tertiary/aromatic N) is 1. The van der Waals surface area contributed by atoms with Crippen LogP contribution in [0.1, 0.15) is 5.56 Å². The quantitative estimate of drug-likeness (QED) is 0.456. The zero-order valence-corrected chi connectivity index (χ0v) is 7.43. The Morgan fingerprint density at radius 2 is 2.31 bits per heavy atom. The molecule has 0 aliphatic rings. The molecule has 4 N–H and O–H groups in total. The van der Waals surface area contributed by atoms with Crippen molar-refractivity contribution in [1.82, 2.24) is 0 Å². The lowest BCUT2D eigenvalue weighted by Crippen LogP contribution is -2.19. The number of thiocarbonyl (C=S) groups is 1. The summed E-state index contributed by atoms with van der Waals surface area (Å²) >= 11 is 4.59. The second kappa shape index (κ2) is 3.74. The van der Waals surface area contributed by atoms with Gasteiger partial charge in [0.25, 0.3) is 0 Å². The Morgan fingerprint density at radius 3 is 2.85 bits per heavy atom. The van der Waals surface area contributed by atoms with Crippen molar-refractivity contribution in [3.8, 4) is 11.8 Å². The molecule has 0 atom stereocenters. The van der Waals surface area contributed by atoms with E-state index in [1.807, 2.05) is 6.07 Å². The minimum atomic E-state index is -0.0492. The number of aromatic hydroxyl groups is 1. The fourth-order valence-corrected chi connectivity index (χ4v) is 0.990. The van der Waals surface area contributed by atoms with Gasteiger partial charge < -0.3 is 16.2 Å². The van der Waals surface area contributed by atoms with Crippen LogP contribution in [0.25, 0.3) is 0 Å². The summed E-state index contributed by atoms with van der Waals surface area (Å²) in [6.45, 7) is 0. The molecule has 1 aromatic carbocycles. The Morgan fingerprint density at radius 1 is 1.62 bits per heavy atom. The molecule has 66 valence electrons. The number of nitriles is 1. The number of anilines is 1. The highest BCUT2D eigenvalue weighted by molar-refractivity contribution is 7.80. The van der Waals surface area contributed by atoms with Crippen LogP contribution < -0.4 is 11.1 Å². The maximum absolute atomic E-state index is 9.34. The van der Waals surface area contributed by atoms with Gasteiger partial charge in [-0.15, -0.1) is 0 Å². The number of phenolic OH excluding ortho intramolecular Hbond substituents is 1. The van der Waals surface area contributed by atoms with Crippen LogP contribution in [0.4, 0.5) is 5.69 Å². The molecule has 5 heteroatoms. The topological polar surface area (TPSA) is 82.1 Å². The van der Waals surface area contributed by atoms with E-state index in [9.17, 15) is 5.11 Å². The summed E-state index contributed by atoms with van der Waals surface area (Å²) in [7, 11) is 0. The third kappa shape index (κ3) is 2.07. The zero-order chi connectivity index (χ0) is 9.84. The Balaban J connectivity index is 3.17. The van der Waals surface area contributed by atoms with Gasteiger partial charge in [0.05, 0.1) is 5.56 Å². The monoisotopic (exact) mass is 193 g/mol. The summed E-state index contributed by atoms with van der Waals surface area (Å²) in [4.78, 5) is 0. The second-order valence-corrected chi connectivity index (χ2v) is 2.74. The zero-order valence-electron chi connectivity index (χ0n) is 6.61. The van der Waals surface area contributed by atoms with Gasteiger partial charge in [0.15, 0.2) is 5.11 Å². The standard InChI is InChI=1S/C8H7N3OS/c9-4-5-2-1-3-6(12)7(5)11-8(10)13/h1-3,12H,(H3,10,11,13). The summed E-state index contributed by atoms with van der Waals surface area (Å²) in [6.07, 6.45) is 0. The van der Waals surface area contributed by atoms with E-state index < -0.39 is 0 Å². The third-order valence-corrected chi connectivity index (χ3v) is 1.51. The smallest absolute Gasteiger partial charge is 0.168 e. The number of para-hydroxylation sites is 1. The molecule has 0 radical (unpaired) electrons. The highest BCUT2D eigenvalue weighted by Gasteiger charge is 2.06. The summed E-state index contributed by atoms with van der Waals surface area (Å²) in [5, 5.41) is 20.6. The molecule has 0 aliphatic heterocycles. The predicted octanol–water partition coefficient (Wildman–Crippen LogP) is 0.919. The lowest BCUT2D eigenvalue weighted by molar-refractivity contribution is 0.477. The minimum absolute atomic E-state index is 0.0120. The molecule has 4 nitrogen and oxygen atoms in total. The molecule has 0 unspecified atom stereocenters. The Kier molecular flexibility index (Phi) is 2.67. The molecule has 0 heterocycles. The summed E-state index contributed by atoms with van der Waals surface area (Å²) in [5.41, 5.74) is 5.76. The van der Waals surface area contributed by atoms with Crippen LogP contribution in [0, 0.1) is 11.3 Å². The van der Waals surface area contributed by atoms with E-state index in [2.05, 4.69) is 17.5 Å². The molecule has 1 rings (SSSR count). The van der Waals surface area contributed by atoms with Crippen molar-refractivity contribution in [1.29, 1.82) is 5.26 Å². The fourth-order valence-electron chi connectivity index (χ4n) is 0.888. The van der Waals surface area contributed by atoms with Crippen molar-refractivity contribution in [3.05, 3.63) is 23.8 Å². The number of rotatable bonds is 1. The predicted molar refractivity (Wildman–Crippen MR) is 53.2 cm³/mol. The molecular formula is C8H7N3OS. The van der Waals surface area contributed by atoms with Crippen LogP contribution in [0.3, 0.4) is 0 Å². The van der Waals surface area contributed by atoms with Crippen LogP contribution in [-0.4, -0.2) is 10.2 Å². The van der Waals surface area contributed by atoms with Crippen LogP contribution in [-0.2, 0) is 0 Å². The van der Waals surface area contributed by atoms with E-state index >= 15 is 0 Å². The van der Waals surface area contributed by atoms with Gasteiger partial charge in [-0.3, -0.25) is 0 Å². The van der Waals surface area contributed by atoms with Gasteiger partial charge in [0.1, 0.15) is 17.5 Å². The average Bonchev–Trinajstić information content (AvgIpc) is 2.08. The summed E-state index contributed by atoms with van der Waals surface area (Å²) < 4.78 is 0. The third-order valence-electron chi connectivity index (χ3n) is 1.41. The highest BCUT2D eigenvalue weighted by Crippen LogP contribution is 2.26. The Hall–Kier alpha value is -1.80. The molecular weight excluding hydrogens is 186 g/mol. The van der Waals surface area contributed by atoms with Gasteiger partial charge in [0, 0.05) is 0 Å². The van der Waals surface area contributed by atoms with E-state index in [1.165, 1.54) is 6.07 Å². The average molecular weight is 193 g/mol. The summed E-state index contributed by atoms with van der Waals surface area (Å²) in [6, 6.07) is 6.47. The van der Waals surface area contributed by atoms with E-state index in [-0.39, 0.29) is 16.5 Å². The number of hydrogen-bond donors (Lipinski definition) is 3. The fraction of sp³-hybridized carbons (Fsp3) is 0. The number of hydrogen-bond acceptors (Lipinski definition) is 3. The number of phenols is 1. The van der Waals surface area contributed by atoms with Crippen molar-refractivity contribution in [2.75, 3.05) is 5.32 Å². The lowest BCUT2D eigenvalue weighted by Gasteiger charge is -2.07. The lowest BCUT2D eigenvalue weighted by atomic mass is 10.2. The first-order valence-electron chi connectivity index (χ1n) is 3.43. The van der Waals surface area contributed by atoms with Gasteiger partial charge in [-0.05, 0) is 24.4 Å². The molecule has 0 saturated carbocycles. The van der Waals surface area contributed by atoms with E-state index in [4.69, 9.17) is 11.0 Å². The van der Waals surface area contributed by atoms with Gasteiger partial charge >= 0.3 is 0 Å². The van der Waals surface area contributed by atoms with E-state index in [0.29, 0.717) is 5.56 Å².